The van der Waals surface area contributed by atoms with Crippen molar-refractivity contribution >= 4 is 49.9 Å². The van der Waals surface area contributed by atoms with Gasteiger partial charge in [0.1, 0.15) is 5.82 Å². The minimum absolute atomic E-state index is 0.244. The van der Waals surface area contributed by atoms with Crippen LogP contribution in [0.2, 0.25) is 0 Å². The van der Waals surface area contributed by atoms with Crippen molar-refractivity contribution in [2.75, 3.05) is 0 Å². The summed E-state index contributed by atoms with van der Waals surface area (Å²) in [7, 11) is 0. The Balaban J connectivity index is 2.18. The standard InChI is InChI=1S/C15H14BrClN2S/c1-9-3-6-14(20-9)10(2)19-13-5-4-11(16)7-12(13)18-15(19)8-17/h3-7,10H,8H2,1-2H3. The molecule has 0 aliphatic heterocycles. The van der Waals surface area contributed by atoms with Crippen LogP contribution in [0.4, 0.5) is 0 Å². The van der Waals surface area contributed by atoms with Crippen molar-refractivity contribution in [2.45, 2.75) is 25.8 Å². The summed E-state index contributed by atoms with van der Waals surface area (Å²) < 4.78 is 3.27. The second kappa shape index (κ2) is 5.51. The molecule has 3 rings (SSSR count). The van der Waals surface area contributed by atoms with E-state index in [1.54, 1.807) is 0 Å². The number of nitrogens with zero attached hydrogens (tertiary/aromatic N) is 2. The molecule has 104 valence electrons. The van der Waals surface area contributed by atoms with Crippen LogP contribution >= 0.6 is 38.9 Å². The number of hydrogen-bond donors (Lipinski definition) is 0. The lowest BCUT2D eigenvalue weighted by Crippen LogP contribution is -2.08. The third-order valence-electron chi connectivity index (χ3n) is 3.40. The first kappa shape index (κ1) is 14.1. The Kier molecular flexibility index (Phi) is 3.89. The van der Waals surface area contributed by atoms with Crippen LogP contribution in [0.25, 0.3) is 11.0 Å². The van der Waals surface area contributed by atoms with Gasteiger partial charge in [-0.2, -0.15) is 0 Å². The van der Waals surface area contributed by atoms with Gasteiger partial charge in [-0.25, -0.2) is 4.98 Å². The SMILES string of the molecule is Cc1ccc(C(C)n2c(CCl)nc3cc(Br)ccc32)s1. The van der Waals surface area contributed by atoms with E-state index < -0.39 is 0 Å². The van der Waals surface area contributed by atoms with Gasteiger partial charge >= 0.3 is 0 Å². The molecule has 3 aromatic rings. The number of fused-ring (bicyclic) bond motifs is 1. The molecule has 0 N–H and O–H groups in total. The number of halogens is 2. The first-order valence-corrected chi connectivity index (χ1v) is 8.53. The van der Waals surface area contributed by atoms with Crippen LogP contribution in [0.3, 0.4) is 0 Å². The largest absolute Gasteiger partial charge is 0.319 e. The van der Waals surface area contributed by atoms with Gasteiger partial charge < -0.3 is 4.57 Å². The predicted octanol–water partition coefficient (Wildman–Crippen LogP) is 5.52. The van der Waals surface area contributed by atoms with Crippen LogP contribution < -0.4 is 0 Å². The lowest BCUT2D eigenvalue weighted by atomic mass is 10.2. The number of aromatic nitrogens is 2. The van der Waals surface area contributed by atoms with E-state index in [9.17, 15) is 0 Å². The minimum atomic E-state index is 0.244. The molecule has 0 radical (unpaired) electrons. The van der Waals surface area contributed by atoms with Gasteiger partial charge in [0.2, 0.25) is 0 Å². The van der Waals surface area contributed by atoms with E-state index in [2.05, 4.69) is 57.5 Å². The van der Waals surface area contributed by atoms with E-state index in [-0.39, 0.29) is 6.04 Å². The summed E-state index contributed by atoms with van der Waals surface area (Å²) in [6.07, 6.45) is 0. The summed E-state index contributed by atoms with van der Waals surface area (Å²) in [5.74, 6) is 1.33. The summed E-state index contributed by atoms with van der Waals surface area (Å²) >= 11 is 11.4. The van der Waals surface area contributed by atoms with Crippen molar-refractivity contribution < 1.29 is 0 Å². The summed E-state index contributed by atoms with van der Waals surface area (Å²) in [5, 5.41) is 0. The zero-order valence-electron chi connectivity index (χ0n) is 11.2. The minimum Gasteiger partial charge on any atom is -0.319 e. The smallest absolute Gasteiger partial charge is 0.125 e. The molecule has 5 heteroatoms. The van der Waals surface area contributed by atoms with Gasteiger partial charge in [-0.1, -0.05) is 15.9 Å². The zero-order chi connectivity index (χ0) is 14.3. The van der Waals surface area contributed by atoms with Crippen molar-refractivity contribution in [1.82, 2.24) is 9.55 Å². The van der Waals surface area contributed by atoms with Crippen LogP contribution in [-0.4, -0.2) is 9.55 Å². The van der Waals surface area contributed by atoms with Crippen molar-refractivity contribution in [3.8, 4) is 0 Å². The average Bonchev–Trinajstić information content (AvgIpc) is 3.00. The zero-order valence-corrected chi connectivity index (χ0v) is 14.4. The highest BCUT2D eigenvalue weighted by atomic mass is 79.9. The van der Waals surface area contributed by atoms with Gasteiger partial charge in [-0.3, -0.25) is 0 Å². The molecule has 2 nitrogen and oxygen atoms in total. The van der Waals surface area contributed by atoms with E-state index in [1.165, 1.54) is 9.75 Å². The maximum Gasteiger partial charge on any atom is 0.125 e. The maximum atomic E-state index is 6.09. The van der Waals surface area contributed by atoms with E-state index in [1.807, 2.05) is 23.5 Å². The van der Waals surface area contributed by atoms with Crippen molar-refractivity contribution in [3.63, 3.8) is 0 Å². The molecule has 1 aromatic carbocycles. The molecule has 0 saturated heterocycles. The maximum absolute atomic E-state index is 6.09. The van der Waals surface area contributed by atoms with Crippen LogP contribution in [0.15, 0.2) is 34.8 Å². The summed E-state index contributed by atoms with van der Waals surface area (Å²) in [6, 6.07) is 10.8. The van der Waals surface area contributed by atoms with E-state index in [0.29, 0.717) is 5.88 Å². The Labute approximate surface area is 135 Å². The molecule has 2 aromatic heterocycles. The molecular weight excluding hydrogens is 356 g/mol. The van der Waals surface area contributed by atoms with Crippen molar-refractivity contribution in [3.05, 3.63) is 50.4 Å². The van der Waals surface area contributed by atoms with Gasteiger partial charge in [0, 0.05) is 14.2 Å². The molecular formula is C15H14BrClN2S. The Bertz CT molecular complexity index is 762. The molecule has 0 saturated carbocycles. The van der Waals surface area contributed by atoms with Gasteiger partial charge in [0.15, 0.2) is 0 Å². The number of rotatable bonds is 3. The quantitative estimate of drug-likeness (QED) is 0.556. The molecule has 0 spiro atoms. The van der Waals surface area contributed by atoms with Crippen molar-refractivity contribution in [1.29, 1.82) is 0 Å². The highest BCUT2D eigenvalue weighted by Crippen LogP contribution is 2.31. The predicted molar refractivity (Wildman–Crippen MR) is 89.9 cm³/mol. The summed E-state index contributed by atoms with van der Waals surface area (Å²) in [4.78, 5) is 7.31. The average molecular weight is 370 g/mol. The van der Waals surface area contributed by atoms with Crippen LogP contribution in [0.5, 0.6) is 0 Å². The first-order valence-electron chi connectivity index (χ1n) is 6.39. The molecule has 20 heavy (non-hydrogen) atoms. The monoisotopic (exact) mass is 368 g/mol. The third-order valence-corrected chi connectivity index (χ3v) is 5.31. The third kappa shape index (κ3) is 2.41. The lowest BCUT2D eigenvalue weighted by molar-refractivity contribution is 0.644. The van der Waals surface area contributed by atoms with Gasteiger partial charge in [0.25, 0.3) is 0 Å². The highest BCUT2D eigenvalue weighted by Gasteiger charge is 2.18. The number of hydrogen-bond acceptors (Lipinski definition) is 2. The Hall–Kier alpha value is -0.840. The topological polar surface area (TPSA) is 17.8 Å². The Morgan fingerprint density at radius 2 is 2.15 bits per heavy atom. The molecule has 0 aliphatic carbocycles. The number of alkyl halides is 1. The second-order valence-corrected chi connectivity index (χ2v) is 7.29. The van der Waals surface area contributed by atoms with Gasteiger partial charge in [-0.15, -0.1) is 22.9 Å². The summed E-state index contributed by atoms with van der Waals surface area (Å²) in [6.45, 7) is 4.33. The fourth-order valence-electron chi connectivity index (χ4n) is 2.45. The van der Waals surface area contributed by atoms with Crippen LogP contribution in [0.1, 0.15) is 28.5 Å². The number of thiophene rings is 1. The molecule has 0 bridgehead atoms. The van der Waals surface area contributed by atoms with Crippen molar-refractivity contribution in [2.24, 2.45) is 0 Å². The fourth-order valence-corrected chi connectivity index (χ4v) is 3.91. The number of aryl methyl sites for hydroxylation is 1. The molecule has 0 aliphatic rings. The highest BCUT2D eigenvalue weighted by molar-refractivity contribution is 9.10. The van der Waals surface area contributed by atoms with E-state index >= 15 is 0 Å². The normalized spacial score (nSPS) is 13.0. The van der Waals surface area contributed by atoms with Crippen LogP contribution in [0, 0.1) is 6.92 Å². The van der Waals surface area contributed by atoms with Crippen LogP contribution in [-0.2, 0) is 5.88 Å². The van der Waals surface area contributed by atoms with Gasteiger partial charge in [0.05, 0.1) is 23.0 Å². The molecule has 1 atom stereocenters. The molecule has 1 unspecified atom stereocenters. The molecule has 0 fully saturated rings. The first-order chi connectivity index (χ1) is 9.60. The molecule has 0 amide bonds. The van der Waals surface area contributed by atoms with E-state index in [4.69, 9.17) is 11.6 Å². The second-order valence-electron chi connectivity index (χ2n) is 4.79. The fraction of sp³-hybridized carbons (Fsp3) is 0.267. The summed E-state index contributed by atoms with van der Waals surface area (Å²) in [5.41, 5.74) is 2.11. The molecule has 2 heterocycles. The number of benzene rings is 1. The Morgan fingerprint density at radius 3 is 2.80 bits per heavy atom. The van der Waals surface area contributed by atoms with Gasteiger partial charge in [-0.05, 0) is 44.2 Å². The van der Waals surface area contributed by atoms with E-state index in [0.717, 1.165) is 21.3 Å². The number of imidazole rings is 1. The lowest BCUT2D eigenvalue weighted by Gasteiger charge is -2.15. The Morgan fingerprint density at radius 1 is 1.35 bits per heavy atom.